The van der Waals surface area contributed by atoms with E-state index in [1.54, 1.807) is 0 Å². The van der Waals surface area contributed by atoms with E-state index in [2.05, 4.69) is 139 Å². The molecule has 0 spiro atoms. The molecule has 0 nitrogen and oxygen atoms in total. The lowest BCUT2D eigenvalue weighted by Gasteiger charge is -2.31. The van der Waals surface area contributed by atoms with Gasteiger partial charge in [-0.2, -0.15) is 0 Å². The van der Waals surface area contributed by atoms with Gasteiger partial charge in [0.15, 0.2) is 0 Å². The molecule has 34 heavy (non-hydrogen) atoms. The van der Waals surface area contributed by atoms with E-state index in [0.717, 1.165) is 0 Å². The topological polar surface area (TPSA) is 0 Å². The molecule has 0 fully saturated rings. The molecule has 0 N–H and O–H groups in total. The van der Waals surface area contributed by atoms with Crippen molar-refractivity contribution in [3.05, 3.63) is 108 Å². The van der Waals surface area contributed by atoms with Gasteiger partial charge < -0.3 is 0 Å². The van der Waals surface area contributed by atoms with Crippen LogP contribution >= 0.6 is 0 Å². The Morgan fingerprint density at radius 1 is 0.441 bits per heavy atom. The molecule has 0 saturated carbocycles. The summed E-state index contributed by atoms with van der Waals surface area (Å²) < 4.78 is 0. The summed E-state index contributed by atoms with van der Waals surface area (Å²) in [5, 5.41) is 5.37. The van der Waals surface area contributed by atoms with Crippen molar-refractivity contribution in [2.24, 2.45) is 0 Å². The normalized spacial score (nSPS) is 12.4. The van der Waals surface area contributed by atoms with Gasteiger partial charge in [-0.25, -0.2) is 0 Å². The second kappa shape index (κ2) is 8.13. The molecular weight excluding hydrogens is 408 g/mol. The Labute approximate surface area is 204 Å². The highest BCUT2D eigenvalue weighted by molar-refractivity contribution is 6.11. The van der Waals surface area contributed by atoms with E-state index in [0.29, 0.717) is 0 Å². The fourth-order valence-electron chi connectivity index (χ4n) is 5.54. The minimum Gasteiger partial charge on any atom is -0.0622 e. The summed E-state index contributed by atoms with van der Waals surface area (Å²) in [7, 11) is 0. The average Bonchev–Trinajstić information content (AvgIpc) is 2.81. The first-order chi connectivity index (χ1) is 16.2. The summed E-state index contributed by atoms with van der Waals surface area (Å²) in [6, 6.07) is 35.7. The maximum Gasteiger partial charge on any atom is -0.00614 e. The SMILES string of the molecule is CC(C)(C)c1c(-c2ccccc2)cc2c(C(C)(C)C)c3ccccc3cc2c1-c1ccccc1. The first kappa shape index (κ1) is 22.4. The zero-order valence-electron chi connectivity index (χ0n) is 21.2. The van der Waals surface area contributed by atoms with Gasteiger partial charge in [0, 0.05) is 0 Å². The second-order valence-electron chi connectivity index (χ2n) is 11.5. The van der Waals surface area contributed by atoms with Crippen LogP contribution in [0.15, 0.2) is 97.1 Å². The molecule has 0 radical (unpaired) electrons. The summed E-state index contributed by atoms with van der Waals surface area (Å²) in [5.74, 6) is 0. The van der Waals surface area contributed by atoms with Crippen LogP contribution in [0.25, 0.3) is 43.8 Å². The summed E-state index contributed by atoms with van der Waals surface area (Å²) in [6.07, 6.45) is 0. The molecule has 5 aromatic rings. The van der Waals surface area contributed by atoms with Crippen LogP contribution in [0.5, 0.6) is 0 Å². The van der Waals surface area contributed by atoms with Gasteiger partial charge in [-0.3, -0.25) is 0 Å². The highest BCUT2D eigenvalue weighted by atomic mass is 14.3. The van der Waals surface area contributed by atoms with Crippen molar-refractivity contribution in [3.8, 4) is 22.3 Å². The standard InChI is InChI=1S/C34H34/c1-33(2,3)31-26-20-14-13-19-25(26)21-28-29(31)22-27(23-15-9-7-10-16-23)32(34(4,5)6)30(28)24-17-11-8-12-18-24/h7-22H,1-6H3. The lowest BCUT2D eigenvalue weighted by molar-refractivity contribution is 0.593. The van der Waals surface area contributed by atoms with Crippen LogP contribution in [-0.4, -0.2) is 0 Å². The predicted octanol–water partition coefficient (Wildman–Crippen LogP) is 9.92. The van der Waals surface area contributed by atoms with Crippen LogP contribution in [0.2, 0.25) is 0 Å². The minimum atomic E-state index is -0.0297. The van der Waals surface area contributed by atoms with Gasteiger partial charge in [-0.1, -0.05) is 126 Å². The highest BCUT2D eigenvalue weighted by Gasteiger charge is 2.29. The Balaban J connectivity index is 2.10. The van der Waals surface area contributed by atoms with Crippen LogP contribution in [0.1, 0.15) is 52.7 Å². The quantitative estimate of drug-likeness (QED) is 0.239. The smallest absolute Gasteiger partial charge is 0.00614 e. The molecule has 0 aliphatic rings. The molecule has 0 bridgehead atoms. The van der Waals surface area contributed by atoms with E-state index < -0.39 is 0 Å². The third kappa shape index (κ3) is 3.82. The van der Waals surface area contributed by atoms with Crippen LogP contribution in [0, 0.1) is 0 Å². The monoisotopic (exact) mass is 442 g/mol. The van der Waals surface area contributed by atoms with E-state index in [-0.39, 0.29) is 10.8 Å². The second-order valence-corrected chi connectivity index (χ2v) is 11.5. The lowest BCUT2D eigenvalue weighted by atomic mass is 9.72. The van der Waals surface area contributed by atoms with Gasteiger partial charge in [0.25, 0.3) is 0 Å². The Morgan fingerprint density at radius 2 is 0.971 bits per heavy atom. The van der Waals surface area contributed by atoms with Crippen molar-refractivity contribution in [1.29, 1.82) is 0 Å². The molecule has 5 aromatic carbocycles. The molecule has 0 aliphatic carbocycles. The molecule has 0 saturated heterocycles. The van der Waals surface area contributed by atoms with Gasteiger partial charge in [-0.05, 0) is 77.9 Å². The summed E-state index contributed by atoms with van der Waals surface area (Å²) in [5.41, 5.74) is 8.07. The minimum absolute atomic E-state index is 0.00424. The highest BCUT2D eigenvalue weighted by Crippen LogP contribution is 2.48. The molecule has 170 valence electrons. The number of rotatable bonds is 2. The van der Waals surface area contributed by atoms with E-state index in [1.165, 1.54) is 54.9 Å². The van der Waals surface area contributed by atoms with E-state index in [9.17, 15) is 0 Å². The summed E-state index contributed by atoms with van der Waals surface area (Å²) in [4.78, 5) is 0. The van der Waals surface area contributed by atoms with E-state index >= 15 is 0 Å². The fraction of sp³-hybridized carbons (Fsp3) is 0.235. The number of fused-ring (bicyclic) bond motifs is 2. The van der Waals surface area contributed by atoms with Gasteiger partial charge in [0.1, 0.15) is 0 Å². The molecule has 0 aromatic heterocycles. The predicted molar refractivity (Wildman–Crippen MR) is 150 cm³/mol. The largest absolute Gasteiger partial charge is 0.0622 e. The molecule has 0 heterocycles. The first-order valence-electron chi connectivity index (χ1n) is 12.3. The van der Waals surface area contributed by atoms with Crippen molar-refractivity contribution >= 4 is 21.5 Å². The van der Waals surface area contributed by atoms with E-state index in [4.69, 9.17) is 0 Å². The van der Waals surface area contributed by atoms with Crippen LogP contribution < -0.4 is 0 Å². The lowest BCUT2D eigenvalue weighted by Crippen LogP contribution is -2.17. The van der Waals surface area contributed by atoms with Gasteiger partial charge in [-0.15, -0.1) is 0 Å². The molecule has 5 rings (SSSR count). The van der Waals surface area contributed by atoms with Crippen LogP contribution in [-0.2, 0) is 10.8 Å². The molecule has 0 aliphatic heterocycles. The van der Waals surface area contributed by atoms with Crippen molar-refractivity contribution in [1.82, 2.24) is 0 Å². The maximum atomic E-state index is 2.48. The van der Waals surface area contributed by atoms with Gasteiger partial charge in [0.05, 0.1) is 0 Å². The van der Waals surface area contributed by atoms with E-state index in [1.807, 2.05) is 0 Å². The van der Waals surface area contributed by atoms with Crippen LogP contribution in [0.3, 0.4) is 0 Å². The van der Waals surface area contributed by atoms with Gasteiger partial charge in [0.2, 0.25) is 0 Å². The first-order valence-corrected chi connectivity index (χ1v) is 12.3. The van der Waals surface area contributed by atoms with Crippen molar-refractivity contribution in [3.63, 3.8) is 0 Å². The Bertz CT molecular complexity index is 1470. The maximum absolute atomic E-state index is 2.48. The Kier molecular flexibility index (Phi) is 5.36. The molecule has 0 amide bonds. The summed E-state index contributed by atoms with van der Waals surface area (Å²) in [6.45, 7) is 14.1. The Morgan fingerprint density at radius 3 is 1.56 bits per heavy atom. The zero-order chi connectivity index (χ0) is 24.1. The fourth-order valence-corrected chi connectivity index (χ4v) is 5.54. The molecule has 0 unspecified atom stereocenters. The zero-order valence-corrected chi connectivity index (χ0v) is 21.2. The molecule has 0 atom stereocenters. The van der Waals surface area contributed by atoms with Crippen molar-refractivity contribution in [2.75, 3.05) is 0 Å². The average molecular weight is 443 g/mol. The summed E-state index contributed by atoms with van der Waals surface area (Å²) >= 11 is 0. The third-order valence-electron chi connectivity index (χ3n) is 6.81. The van der Waals surface area contributed by atoms with Gasteiger partial charge >= 0.3 is 0 Å². The Hall–Kier alpha value is -3.38. The number of benzene rings is 5. The third-order valence-corrected chi connectivity index (χ3v) is 6.81. The number of hydrogen-bond acceptors (Lipinski definition) is 0. The van der Waals surface area contributed by atoms with Crippen molar-refractivity contribution in [2.45, 2.75) is 52.4 Å². The number of hydrogen-bond donors (Lipinski definition) is 0. The van der Waals surface area contributed by atoms with Crippen LogP contribution in [0.4, 0.5) is 0 Å². The molecular formula is C34H34. The molecule has 0 heteroatoms. The van der Waals surface area contributed by atoms with Crippen molar-refractivity contribution < 1.29 is 0 Å².